The zero-order valence-electron chi connectivity index (χ0n) is 14.7. The van der Waals surface area contributed by atoms with Crippen LogP contribution in [0.25, 0.3) is 0 Å². The number of carbonyl (C=O) groups is 1. The molecule has 0 bridgehead atoms. The van der Waals surface area contributed by atoms with Crippen LogP contribution in [0.2, 0.25) is 0 Å². The third-order valence-electron chi connectivity index (χ3n) is 5.49. The van der Waals surface area contributed by atoms with Crippen LogP contribution in [0, 0.1) is 5.41 Å². The first-order valence-corrected chi connectivity index (χ1v) is 8.93. The lowest BCUT2D eigenvalue weighted by atomic mass is 9.71. The van der Waals surface area contributed by atoms with E-state index >= 15 is 0 Å². The molecule has 1 atom stereocenters. The molecule has 130 valence electrons. The van der Waals surface area contributed by atoms with Crippen LogP contribution in [0.15, 0.2) is 35.4 Å². The zero-order valence-corrected chi connectivity index (χ0v) is 14.7. The molecule has 0 aromatic carbocycles. The molecule has 5 nitrogen and oxygen atoms in total. The highest BCUT2D eigenvalue weighted by atomic mass is 16.2. The molecular formula is C20H23N3O2. The fourth-order valence-corrected chi connectivity index (χ4v) is 4.38. The topological polar surface area (TPSA) is 66.1 Å². The molecule has 0 radical (unpaired) electrons. The first-order chi connectivity index (χ1) is 12.0. The largest absolute Gasteiger partial charge is 0.330 e. The van der Waals surface area contributed by atoms with Crippen LogP contribution in [0.3, 0.4) is 0 Å². The van der Waals surface area contributed by atoms with Crippen molar-refractivity contribution in [2.45, 2.75) is 45.6 Å². The molecule has 1 saturated heterocycles. The van der Waals surface area contributed by atoms with E-state index in [0.29, 0.717) is 12.1 Å². The summed E-state index contributed by atoms with van der Waals surface area (Å²) in [6.45, 7) is 5.05. The van der Waals surface area contributed by atoms with Gasteiger partial charge in [-0.1, -0.05) is 13.8 Å². The molecule has 5 heteroatoms. The van der Waals surface area contributed by atoms with Crippen LogP contribution in [0.5, 0.6) is 0 Å². The highest BCUT2D eigenvalue weighted by Crippen LogP contribution is 2.48. The number of H-pyrrole nitrogens is 1. The molecule has 1 N–H and O–H groups in total. The van der Waals surface area contributed by atoms with Gasteiger partial charge in [-0.3, -0.25) is 14.6 Å². The van der Waals surface area contributed by atoms with Crippen molar-refractivity contribution in [3.63, 3.8) is 0 Å². The average molecular weight is 337 g/mol. The lowest BCUT2D eigenvalue weighted by Gasteiger charge is -2.54. The molecule has 2 aromatic heterocycles. The number of carbonyl (C=O) groups excluding carboxylic acids is 1. The highest BCUT2D eigenvalue weighted by Gasteiger charge is 2.49. The number of nitrogens with one attached hydrogen (secondary N) is 1. The van der Waals surface area contributed by atoms with Crippen molar-refractivity contribution < 1.29 is 4.79 Å². The van der Waals surface area contributed by atoms with Crippen molar-refractivity contribution in [3.8, 4) is 0 Å². The van der Waals surface area contributed by atoms with Crippen molar-refractivity contribution in [1.29, 1.82) is 0 Å². The van der Waals surface area contributed by atoms with Crippen molar-refractivity contribution in [1.82, 2.24) is 14.9 Å². The summed E-state index contributed by atoms with van der Waals surface area (Å²) < 4.78 is 0. The molecule has 2 aliphatic rings. The van der Waals surface area contributed by atoms with Gasteiger partial charge in [-0.2, -0.15) is 0 Å². The van der Waals surface area contributed by atoms with Crippen LogP contribution >= 0.6 is 0 Å². The normalized spacial score (nSPS) is 21.4. The summed E-state index contributed by atoms with van der Waals surface area (Å²) in [7, 11) is 0. The van der Waals surface area contributed by atoms with Gasteiger partial charge >= 0.3 is 0 Å². The number of aromatic amines is 1. The summed E-state index contributed by atoms with van der Waals surface area (Å²) in [4.78, 5) is 34.2. The number of amides is 1. The van der Waals surface area contributed by atoms with Crippen LogP contribution in [0.1, 0.15) is 59.9 Å². The third kappa shape index (κ3) is 2.68. The Morgan fingerprint density at radius 1 is 1.24 bits per heavy atom. The Labute approximate surface area is 147 Å². The van der Waals surface area contributed by atoms with E-state index in [0.717, 1.165) is 42.5 Å². The summed E-state index contributed by atoms with van der Waals surface area (Å²) in [5.41, 5.74) is 3.50. The first kappa shape index (κ1) is 16.1. The Morgan fingerprint density at radius 3 is 2.68 bits per heavy atom. The van der Waals surface area contributed by atoms with Crippen LogP contribution in [-0.4, -0.2) is 27.3 Å². The number of likely N-dealkylation sites (tertiary alicyclic amines) is 1. The van der Waals surface area contributed by atoms with E-state index in [1.807, 2.05) is 17.0 Å². The minimum atomic E-state index is -0.177. The number of hydrogen-bond donors (Lipinski definition) is 1. The second-order valence-electron chi connectivity index (χ2n) is 7.82. The van der Waals surface area contributed by atoms with Gasteiger partial charge in [0.25, 0.3) is 5.91 Å². The van der Waals surface area contributed by atoms with Crippen molar-refractivity contribution in [3.05, 3.63) is 63.3 Å². The number of aromatic nitrogens is 2. The maximum Gasteiger partial charge on any atom is 0.254 e. The van der Waals surface area contributed by atoms with Gasteiger partial charge in [-0.25, -0.2) is 0 Å². The fourth-order valence-electron chi connectivity index (χ4n) is 4.38. The van der Waals surface area contributed by atoms with Gasteiger partial charge in [0, 0.05) is 41.7 Å². The smallest absolute Gasteiger partial charge is 0.254 e. The second kappa shape index (κ2) is 5.83. The van der Waals surface area contributed by atoms with Gasteiger partial charge in [-0.05, 0) is 48.9 Å². The van der Waals surface area contributed by atoms with Gasteiger partial charge < -0.3 is 9.88 Å². The number of hydrogen-bond acceptors (Lipinski definition) is 3. The Balaban J connectivity index is 1.72. The molecule has 2 aromatic rings. The quantitative estimate of drug-likeness (QED) is 0.916. The Hall–Kier alpha value is -2.43. The van der Waals surface area contributed by atoms with Gasteiger partial charge in [0.1, 0.15) is 0 Å². The van der Waals surface area contributed by atoms with Crippen molar-refractivity contribution in [2.24, 2.45) is 5.41 Å². The molecule has 4 rings (SSSR count). The number of aryl methyl sites for hydroxylation is 1. The number of fused-ring (bicyclic) bond motifs is 1. The zero-order chi connectivity index (χ0) is 17.6. The molecule has 1 aliphatic heterocycles. The monoisotopic (exact) mass is 337 g/mol. The Bertz CT molecular complexity index is 870. The third-order valence-corrected chi connectivity index (χ3v) is 5.49. The minimum Gasteiger partial charge on any atom is -0.330 e. The molecule has 0 spiro atoms. The van der Waals surface area contributed by atoms with Gasteiger partial charge in [0.2, 0.25) is 5.56 Å². The Morgan fingerprint density at radius 2 is 1.96 bits per heavy atom. The molecule has 25 heavy (non-hydrogen) atoms. The Kier molecular flexibility index (Phi) is 3.74. The van der Waals surface area contributed by atoms with E-state index in [4.69, 9.17) is 0 Å². The molecule has 0 saturated carbocycles. The molecule has 1 unspecified atom stereocenters. The average Bonchev–Trinajstić information content (AvgIpc) is 2.59. The predicted octanol–water partition coefficient (Wildman–Crippen LogP) is 2.87. The number of pyridine rings is 2. The molecule has 3 heterocycles. The lowest BCUT2D eigenvalue weighted by molar-refractivity contribution is -0.0324. The van der Waals surface area contributed by atoms with E-state index in [1.54, 1.807) is 12.4 Å². The fraction of sp³-hybridized carbons (Fsp3) is 0.450. The first-order valence-electron chi connectivity index (χ1n) is 8.93. The molecule has 1 fully saturated rings. The maximum absolute atomic E-state index is 13.3. The van der Waals surface area contributed by atoms with Gasteiger partial charge in [-0.15, -0.1) is 0 Å². The number of nitrogens with zero attached hydrogens (tertiary/aromatic N) is 2. The molecule has 1 amide bonds. The van der Waals surface area contributed by atoms with Gasteiger partial charge in [0.15, 0.2) is 0 Å². The molecular weight excluding hydrogens is 314 g/mol. The van der Waals surface area contributed by atoms with E-state index in [-0.39, 0.29) is 22.9 Å². The van der Waals surface area contributed by atoms with Crippen LogP contribution in [-0.2, 0) is 12.8 Å². The maximum atomic E-state index is 13.3. The summed E-state index contributed by atoms with van der Waals surface area (Å²) in [6, 6.07) is 5.45. The highest BCUT2D eigenvalue weighted by molar-refractivity contribution is 5.97. The van der Waals surface area contributed by atoms with E-state index in [2.05, 4.69) is 23.8 Å². The van der Waals surface area contributed by atoms with Crippen LogP contribution < -0.4 is 5.56 Å². The second-order valence-corrected chi connectivity index (χ2v) is 7.82. The summed E-state index contributed by atoms with van der Waals surface area (Å²) >= 11 is 0. The SMILES string of the molecule is CC1(C)CN(C(=O)c2cc(=O)[nH]c3c2CCCC3)C1c1ccncc1. The summed E-state index contributed by atoms with van der Waals surface area (Å²) in [5.74, 6) is -0.0228. The minimum absolute atomic E-state index is 0.0122. The predicted molar refractivity (Wildman–Crippen MR) is 95.5 cm³/mol. The summed E-state index contributed by atoms with van der Waals surface area (Å²) in [6.07, 6.45) is 7.38. The van der Waals surface area contributed by atoms with E-state index in [1.165, 1.54) is 6.07 Å². The lowest BCUT2D eigenvalue weighted by Crippen LogP contribution is -2.58. The summed E-state index contributed by atoms with van der Waals surface area (Å²) in [5, 5.41) is 0. The van der Waals surface area contributed by atoms with Crippen molar-refractivity contribution in [2.75, 3.05) is 6.54 Å². The standard InChI is InChI=1S/C20H23N3O2/c1-20(2)12-23(18(20)13-7-9-21-10-8-13)19(25)15-11-17(24)22-16-6-4-3-5-14(15)16/h7-11,18H,3-6,12H2,1-2H3,(H,22,24). The van der Waals surface area contributed by atoms with E-state index in [9.17, 15) is 9.59 Å². The van der Waals surface area contributed by atoms with Crippen LogP contribution in [0.4, 0.5) is 0 Å². The number of rotatable bonds is 2. The van der Waals surface area contributed by atoms with Gasteiger partial charge in [0.05, 0.1) is 6.04 Å². The molecule has 1 aliphatic carbocycles. The van der Waals surface area contributed by atoms with E-state index < -0.39 is 0 Å². The van der Waals surface area contributed by atoms with Crippen molar-refractivity contribution >= 4 is 5.91 Å².